The minimum atomic E-state index is -4.41. The van der Waals surface area contributed by atoms with E-state index in [1.165, 1.54) is 30.0 Å². The highest BCUT2D eigenvalue weighted by molar-refractivity contribution is 9.10. The van der Waals surface area contributed by atoms with E-state index in [1.54, 1.807) is 6.26 Å². The third kappa shape index (κ3) is 3.86. The van der Waals surface area contributed by atoms with Crippen LogP contribution in [0.4, 0.5) is 13.2 Å². The Morgan fingerprint density at radius 1 is 1.20 bits per heavy atom. The minimum Gasteiger partial charge on any atom is -0.439 e. The van der Waals surface area contributed by atoms with Gasteiger partial charge in [-0.3, -0.25) is 0 Å². The number of benzene rings is 1. The normalized spacial score (nSPS) is 11.4. The summed E-state index contributed by atoms with van der Waals surface area (Å²) in [5.41, 5.74) is -0.770. The zero-order valence-corrected chi connectivity index (χ0v) is 12.5. The summed E-state index contributed by atoms with van der Waals surface area (Å²) in [4.78, 5) is 8.12. The van der Waals surface area contributed by atoms with E-state index in [0.29, 0.717) is 9.76 Å². The number of nitrogens with zero attached hydrogens (tertiary/aromatic N) is 2. The molecule has 3 nitrogen and oxygen atoms in total. The average molecular weight is 365 g/mol. The highest BCUT2D eigenvalue weighted by Crippen LogP contribution is 2.32. The van der Waals surface area contributed by atoms with E-state index < -0.39 is 11.7 Å². The lowest BCUT2D eigenvalue weighted by atomic mass is 10.2. The molecule has 0 aliphatic carbocycles. The van der Waals surface area contributed by atoms with Crippen molar-refractivity contribution in [2.24, 2.45) is 0 Å². The molecule has 0 bridgehead atoms. The average Bonchev–Trinajstić information content (AvgIpc) is 2.37. The first-order chi connectivity index (χ1) is 9.38. The van der Waals surface area contributed by atoms with E-state index in [-0.39, 0.29) is 11.6 Å². The molecule has 0 saturated heterocycles. The molecular weight excluding hydrogens is 357 g/mol. The van der Waals surface area contributed by atoms with Crippen molar-refractivity contribution >= 4 is 27.7 Å². The Morgan fingerprint density at radius 2 is 1.95 bits per heavy atom. The van der Waals surface area contributed by atoms with Crippen LogP contribution in [0.1, 0.15) is 5.56 Å². The molecule has 0 fully saturated rings. The van der Waals surface area contributed by atoms with Crippen LogP contribution in [0.2, 0.25) is 0 Å². The van der Waals surface area contributed by atoms with Crippen molar-refractivity contribution in [2.75, 3.05) is 6.26 Å². The van der Waals surface area contributed by atoms with Gasteiger partial charge in [0.05, 0.1) is 5.56 Å². The molecule has 0 N–H and O–H groups in total. The highest BCUT2D eigenvalue weighted by atomic mass is 79.9. The third-order valence-corrected chi connectivity index (χ3v) is 3.17. The molecule has 1 aromatic carbocycles. The van der Waals surface area contributed by atoms with Gasteiger partial charge in [0.25, 0.3) is 0 Å². The van der Waals surface area contributed by atoms with Crippen molar-refractivity contribution in [1.82, 2.24) is 9.97 Å². The Balaban J connectivity index is 2.28. The monoisotopic (exact) mass is 364 g/mol. The van der Waals surface area contributed by atoms with Crippen LogP contribution in [0, 0.1) is 0 Å². The largest absolute Gasteiger partial charge is 0.439 e. The summed E-state index contributed by atoms with van der Waals surface area (Å²) in [6.07, 6.45) is -2.62. The van der Waals surface area contributed by atoms with Crippen molar-refractivity contribution in [3.05, 3.63) is 40.5 Å². The second kappa shape index (κ2) is 6.01. The first kappa shape index (κ1) is 15.1. The number of halogens is 4. The minimum absolute atomic E-state index is 0.0671. The van der Waals surface area contributed by atoms with Gasteiger partial charge >= 0.3 is 6.18 Å². The molecule has 0 radical (unpaired) electrons. The smallest absolute Gasteiger partial charge is 0.416 e. The first-order valence-corrected chi connectivity index (χ1v) is 7.34. The van der Waals surface area contributed by atoms with Gasteiger partial charge in [-0.1, -0.05) is 17.8 Å². The maximum absolute atomic E-state index is 12.6. The lowest BCUT2D eigenvalue weighted by molar-refractivity contribution is -0.137. The number of alkyl halides is 3. The van der Waals surface area contributed by atoms with E-state index in [4.69, 9.17) is 4.74 Å². The van der Waals surface area contributed by atoms with Gasteiger partial charge in [-0.25, -0.2) is 4.98 Å². The fraction of sp³-hybridized carbons (Fsp3) is 0.167. The van der Waals surface area contributed by atoms with Crippen molar-refractivity contribution < 1.29 is 17.9 Å². The van der Waals surface area contributed by atoms with E-state index in [2.05, 4.69) is 25.9 Å². The molecule has 2 aromatic rings. The Hall–Kier alpha value is -1.28. The summed E-state index contributed by atoms with van der Waals surface area (Å²) in [5.74, 6) is 0.244. The molecular formula is C12H8BrF3N2OS. The maximum atomic E-state index is 12.6. The predicted molar refractivity (Wildman–Crippen MR) is 73.0 cm³/mol. The van der Waals surface area contributed by atoms with E-state index in [0.717, 1.165) is 12.1 Å². The summed E-state index contributed by atoms with van der Waals surface area (Å²) in [6.45, 7) is 0. The molecule has 0 atom stereocenters. The molecule has 8 heteroatoms. The zero-order chi connectivity index (χ0) is 14.8. The first-order valence-electron chi connectivity index (χ1n) is 5.32. The molecule has 0 spiro atoms. The number of ether oxygens (including phenoxy) is 1. The number of aromatic nitrogens is 2. The number of hydrogen-bond donors (Lipinski definition) is 0. The van der Waals surface area contributed by atoms with E-state index in [9.17, 15) is 13.2 Å². The predicted octanol–water partition coefficient (Wildman–Crippen LogP) is 4.77. The number of thioether (sulfide) groups is 1. The Kier molecular flexibility index (Phi) is 4.54. The molecule has 2 rings (SSSR count). The van der Waals surface area contributed by atoms with Crippen molar-refractivity contribution in [3.8, 4) is 11.6 Å². The van der Waals surface area contributed by atoms with Crippen molar-refractivity contribution in [1.29, 1.82) is 0 Å². The van der Waals surface area contributed by atoms with Crippen LogP contribution in [0.25, 0.3) is 0 Å². The number of rotatable bonds is 3. The topological polar surface area (TPSA) is 35.0 Å². The molecule has 20 heavy (non-hydrogen) atoms. The molecule has 0 unspecified atom stereocenters. The SMILES string of the molecule is CSc1nc(Br)cc(Oc2cccc(C(F)(F)F)c2)n1. The van der Waals surface area contributed by atoms with E-state index in [1.807, 2.05) is 0 Å². The van der Waals surface area contributed by atoms with Gasteiger partial charge in [0.2, 0.25) is 5.88 Å². The summed E-state index contributed by atoms with van der Waals surface area (Å²) >= 11 is 4.49. The zero-order valence-electron chi connectivity index (χ0n) is 10.1. The molecule has 0 saturated carbocycles. The van der Waals surface area contributed by atoms with Gasteiger partial charge in [-0.15, -0.1) is 0 Å². The Bertz CT molecular complexity index is 622. The Morgan fingerprint density at radius 3 is 2.60 bits per heavy atom. The number of hydrogen-bond acceptors (Lipinski definition) is 4. The van der Waals surface area contributed by atoms with Crippen LogP contribution >= 0.6 is 27.7 Å². The van der Waals surface area contributed by atoms with Gasteiger partial charge in [-0.05, 0) is 40.4 Å². The van der Waals surface area contributed by atoms with Crippen LogP contribution in [-0.2, 0) is 6.18 Å². The molecule has 0 aliphatic heterocycles. The molecule has 0 amide bonds. The van der Waals surface area contributed by atoms with Gasteiger partial charge in [0.1, 0.15) is 10.4 Å². The van der Waals surface area contributed by atoms with Crippen molar-refractivity contribution in [2.45, 2.75) is 11.3 Å². The Labute approximate surface area is 125 Å². The second-order valence-electron chi connectivity index (χ2n) is 3.64. The lowest BCUT2D eigenvalue weighted by Crippen LogP contribution is -2.04. The summed E-state index contributed by atoms with van der Waals surface area (Å²) in [5, 5.41) is 0.460. The van der Waals surface area contributed by atoms with Crippen molar-refractivity contribution in [3.63, 3.8) is 0 Å². The fourth-order valence-electron chi connectivity index (χ4n) is 1.38. The van der Waals surface area contributed by atoms with Crippen LogP contribution in [0.5, 0.6) is 11.6 Å². The van der Waals surface area contributed by atoms with Gasteiger partial charge in [0.15, 0.2) is 5.16 Å². The standard InChI is InChI=1S/C12H8BrF3N2OS/c1-20-11-17-9(13)6-10(18-11)19-8-4-2-3-7(5-8)12(14,15)16/h2-6H,1H3. The third-order valence-electron chi connectivity index (χ3n) is 2.22. The lowest BCUT2D eigenvalue weighted by Gasteiger charge is -2.10. The summed E-state index contributed by atoms with van der Waals surface area (Å²) in [6, 6.07) is 6.11. The maximum Gasteiger partial charge on any atom is 0.416 e. The fourth-order valence-corrected chi connectivity index (χ4v) is 2.23. The van der Waals surface area contributed by atoms with Crippen LogP contribution in [-0.4, -0.2) is 16.2 Å². The summed E-state index contributed by atoms with van der Waals surface area (Å²) < 4.78 is 43.6. The van der Waals surface area contributed by atoms with Crippen LogP contribution in [0.3, 0.4) is 0 Å². The molecule has 1 aromatic heterocycles. The molecule has 106 valence electrons. The summed E-state index contributed by atoms with van der Waals surface area (Å²) in [7, 11) is 0. The second-order valence-corrected chi connectivity index (χ2v) is 5.23. The van der Waals surface area contributed by atoms with Gasteiger partial charge < -0.3 is 4.74 Å². The van der Waals surface area contributed by atoms with Gasteiger partial charge in [0, 0.05) is 6.07 Å². The molecule has 0 aliphatic rings. The van der Waals surface area contributed by atoms with Gasteiger partial charge in [-0.2, -0.15) is 18.2 Å². The molecule has 1 heterocycles. The highest BCUT2D eigenvalue weighted by Gasteiger charge is 2.30. The van der Waals surface area contributed by atoms with Crippen LogP contribution in [0.15, 0.2) is 40.1 Å². The van der Waals surface area contributed by atoms with Crippen LogP contribution < -0.4 is 4.74 Å². The van der Waals surface area contributed by atoms with E-state index >= 15 is 0 Å². The quantitative estimate of drug-likeness (QED) is 0.446.